The number of hydrogen-bond donors (Lipinski definition) is 1. The molecule has 0 unspecified atom stereocenters. The minimum absolute atomic E-state index is 0.172. The van der Waals surface area contributed by atoms with Crippen LogP contribution in [0.1, 0.15) is 27.7 Å². The largest absolute Gasteiger partial charge is 0.262 e. The predicted octanol–water partition coefficient (Wildman–Crippen LogP) is 2.80. The lowest BCUT2D eigenvalue weighted by Gasteiger charge is -2.07. The Morgan fingerprint density at radius 3 is 2.32 bits per heavy atom. The zero-order valence-electron chi connectivity index (χ0n) is 11.6. The number of hydrogen-bond acceptors (Lipinski definition) is 3. The van der Waals surface area contributed by atoms with Crippen LogP contribution in [0.5, 0.6) is 0 Å². The second kappa shape index (κ2) is 4.53. The fourth-order valence-electron chi connectivity index (χ4n) is 2.66. The fourth-order valence-corrected chi connectivity index (χ4v) is 4.21. The molecule has 6 heteroatoms. The van der Waals surface area contributed by atoms with Gasteiger partial charge in [-0.25, -0.2) is 13.1 Å². The van der Waals surface area contributed by atoms with Gasteiger partial charge in [0.15, 0.2) is 0 Å². The van der Waals surface area contributed by atoms with Crippen molar-refractivity contribution in [2.24, 2.45) is 16.7 Å². The summed E-state index contributed by atoms with van der Waals surface area (Å²) in [7, 11) is -3.48. The SMILES string of the molecule is CC1(C)C(CNS(=O)(=O)c2cncc(Br)c2)C1(C)C. The molecule has 0 saturated heterocycles. The Kier molecular flexibility index (Phi) is 3.56. The molecule has 2 rings (SSSR count). The van der Waals surface area contributed by atoms with Crippen LogP contribution >= 0.6 is 15.9 Å². The molecule has 1 aliphatic carbocycles. The third-order valence-electron chi connectivity index (χ3n) is 4.79. The Bertz CT molecular complexity index is 582. The zero-order valence-corrected chi connectivity index (χ0v) is 14.0. The first-order valence-corrected chi connectivity index (χ1v) is 8.47. The molecule has 19 heavy (non-hydrogen) atoms. The summed E-state index contributed by atoms with van der Waals surface area (Å²) in [6, 6.07) is 1.55. The maximum atomic E-state index is 12.2. The highest BCUT2D eigenvalue weighted by molar-refractivity contribution is 9.10. The van der Waals surface area contributed by atoms with E-state index < -0.39 is 10.0 Å². The van der Waals surface area contributed by atoms with Gasteiger partial charge in [0.1, 0.15) is 4.90 Å². The van der Waals surface area contributed by atoms with Gasteiger partial charge in [0.2, 0.25) is 10.0 Å². The molecular formula is C13H19BrN2O2S. The van der Waals surface area contributed by atoms with E-state index in [2.05, 4.69) is 53.3 Å². The van der Waals surface area contributed by atoms with E-state index in [-0.39, 0.29) is 15.7 Å². The average molecular weight is 347 g/mol. The van der Waals surface area contributed by atoms with Crippen molar-refractivity contribution in [3.63, 3.8) is 0 Å². The molecule has 1 aromatic rings. The molecule has 1 saturated carbocycles. The molecule has 1 aromatic heterocycles. The number of aromatic nitrogens is 1. The molecule has 0 bridgehead atoms. The second-order valence-electron chi connectivity index (χ2n) is 6.19. The standard InChI is InChI=1S/C13H19BrN2O2S/c1-12(2)11(13(12,3)4)8-16-19(17,18)10-5-9(14)6-15-7-10/h5-7,11,16H,8H2,1-4H3. The summed E-state index contributed by atoms with van der Waals surface area (Å²) >= 11 is 3.23. The van der Waals surface area contributed by atoms with E-state index in [1.807, 2.05) is 0 Å². The van der Waals surface area contributed by atoms with Gasteiger partial charge in [-0.15, -0.1) is 0 Å². The van der Waals surface area contributed by atoms with Crippen LogP contribution in [-0.2, 0) is 10.0 Å². The molecule has 0 amide bonds. The topological polar surface area (TPSA) is 59.1 Å². The van der Waals surface area contributed by atoms with Gasteiger partial charge >= 0.3 is 0 Å². The Labute approximate surface area is 123 Å². The maximum absolute atomic E-state index is 12.2. The molecule has 1 N–H and O–H groups in total. The van der Waals surface area contributed by atoms with Gasteiger partial charge in [-0.05, 0) is 38.7 Å². The number of sulfonamides is 1. The van der Waals surface area contributed by atoms with E-state index >= 15 is 0 Å². The normalized spacial score (nSPS) is 21.3. The van der Waals surface area contributed by atoms with Crippen LogP contribution in [0.3, 0.4) is 0 Å². The minimum Gasteiger partial charge on any atom is -0.262 e. The summed E-state index contributed by atoms with van der Waals surface area (Å²) in [5.74, 6) is 0.356. The van der Waals surface area contributed by atoms with Crippen molar-refractivity contribution in [2.45, 2.75) is 32.6 Å². The summed E-state index contributed by atoms with van der Waals surface area (Å²) in [5.41, 5.74) is 0.343. The molecule has 0 aliphatic heterocycles. The molecule has 0 spiro atoms. The quantitative estimate of drug-likeness (QED) is 0.911. The first kappa shape index (κ1) is 14.9. The molecule has 0 aromatic carbocycles. The van der Waals surface area contributed by atoms with Gasteiger partial charge in [0.05, 0.1) is 0 Å². The van der Waals surface area contributed by atoms with Crippen molar-refractivity contribution in [1.29, 1.82) is 0 Å². The molecule has 106 valence electrons. The van der Waals surface area contributed by atoms with Crippen molar-refractivity contribution in [3.8, 4) is 0 Å². The fraction of sp³-hybridized carbons (Fsp3) is 0.615. The lowest BCUT2D eigenvalue weighted by atomic mass is 10.0. The lowest BCUT2D eigenvalue weighted by molar-refractivity contribution is 0.457. The number of nitrogens with zero attached hydrogens (tertiary/aromatic N) is 1. The molecule has 1 heterocycles. The Hall–Kier alpha value is -0.460. The average Bonchev–Trinajstić information content (AvgIpc) is 2.67. The van der Waals surface area contributed by atoms with Crippen molar-refractivity contribution < 1.29 is 8.42 Å². The first-order valence-electron chi connectivity index (χ1n) is 6.19. The van der Waals surface area contributed by atoms with E-state index in [4.69, 9.17) is 0 Å². The molecule has 4 nitrogen and oxygen atoms in total. The summed E-state index contributed by atoms with van der Waals surface area (Å²) in [6.45, 7) is 9.16. The van der Waals surface area contributed by atoms with Crippen LogP contribution in [0, 0.1) is 16.7 Å². The highest BCUT2D eigenvalue weighted by Crippen LogP contribution is 2.67. The number of pyridine rings is 1. The number of rotatable bonds is 4. The van der Waals surface area contributed by atoms with E-state index in [9.17, 15) is 8.42 Å². The van der Waals surface area contributed by atoms with E-state index in [1.54, 1.807) is 12.3 Å². The third-order valence-corrected chi connectivity index (χ3v) is 6.61. The van der Waals surface area contributed by atoms with Crippen molar-refractivity contribution in [2.75, 3.05) is 6.54 Å². The van der Waals surface area contributed by atoms with Gasteiger partial charge in [0.25, 0.3) is 0 Å². The van der Waals surface area contributed by atoms with Gasteiger partial charge < -0.3 is 0 Å². The highest BCUT2D eigenvalue weighted by atomic mass is 79.9. The van der Waals surface area contributed by atoms with E-state index in [0.29, 0.717) is 16.9 Å². The number of nitrogens with one attached hydrogen (secondary N) is 1. The van der Waals surface area contributed by atoms with Crippen LogP contribution in [0.25, 0.3) is 0 Å². The minimum atomic E-state index is -3.48. The Morgan fingerprint density at radius 1 is 1.26 bits per heavy atom. The van der Waals surface area contributed by atoms with E-state index in [0.717, 1.165) is 0 Å². The summed E-state index contributed by atoms with van der Waals surface area (Å²) in [4.78, 5) is 4.08. The highest BCUT2D eigenvalue weighted by Gasteiger charge is 2.64. The summed E-state index contributed by atoms with van der Waals surface area (Å²) in [6.07, 6.45) is 2.92. The van der Waals surface area contributed by atoms with Gasteiger partial charge in [-0.2, -0.15) is 0 Å². The smallest absolute Gasteiger partial charge is 0.242 e. The molecule has 0 atom stereocenters. The molecule has 0 radical (unpaired) electrons. The van der Waals surface area contributed by atoms with Crippen molar-refractivity contribution >= 4 is 26.0 Å². The van der Waals surface area contributed by atoms with Crippen LogP contribution in [0.15, 0.2) is 27.8 Å². The van der Waals surface area contributed by atoms with Crippen LogP contribution in [0.2, 0.25) is 0 Å². The third kappa shape index (κ3) is 2.58. The van der Waals surface area contributed by atoms with Crippen molar-refractivity contribution in [3.05, 3.63) is 22.9 Å². The van der Waals surface area contributed by atoms with E-state index in [1.165, 1.54) is 6.20 Å². The summed E-state index contributed by atoms with van der Waals surface area (Å²) in [5, 5.41) is 0. The lowest BCUT2D eigenvalue weighted by Crippen LogP contribution is -2.27. The van der Waals surface area contributed by atoms with Crippen molar-refractivity contribution in [1.82, 2.24) is 9.71 Å². The van der Waals surface area contributed by atoms with Crippen LogP contribution < -0.4 is 4.72 Å². The Morgan fingerprint density at radius 2 is 1.84 bits per heavy atom. The molecular weight excluding hydrogens is 328 g/mol. The van der Waals surface area contributed by atoms with Gasteiger partial charge in [-0.1, -0.05) is 27.7 Å². The Balaban J connectivity index is 2.08. The maximum Gasteiger partial charge on any atom is 0.242 e. The molecule has 1 aliphatic rings. The van der Waals surface area contributed by atoms with Crippen LogP contribution in [0.4, 0.5) is 0 Å². The second-order valence-corrected chi connectivity index (χ2v) is 8.87. The van der Waals surface area contributed by atoms with Gasteiger partial charge in [0, 0.05) is 23.4 Å². The first-order chi connectivity index (χ1) is 8.59. The number of halogens is 1. The summed E-state index contributed by atoms with van der Waals surface area (Å²) < 4.78 is 27.7. The van der Waals surface area contributed by atoms with Gasteiger partial charge in [-0.3, -0.25) is 4.98 Å². The predicted molar refractivity (Wildman–Crippen MR) is 78.2 cm³/mol. The molecule has 1 fully saturated rings. The van der Waals surface area contributed by atoms with Crippen LogP contribution in [-0.4, -0.2) is 19.9 Å². The zero-order chi connectivity index (χ0) is 14.5. The monoisotopic (exact) mass is 346 g/mol.